The molecular weight excluding hydrogens is 498 g/mol. The standard InChI is InChI=1S/C19H24ClFN4S.HI/c1-25-9-7-14(18(25)13-4-5-16(20)17(21)11-13)12-24-19(22)23-8-6-15-3-2-10-26-15;/h2-5,10-11,14,18H,6-9,12H2,1H3,(H3,22,23,24);1H. The number of likely N-dealkylation sites (tertiary alicyclic amines) is 1. The van der Waals surface area contributed by atoms with Crippen molar-refractivity contribution in [1.82, 2.24) is 10.2 Å². The fraction of sp³-hybridized carbons (Fsp3) is 0.421. The lowest BCUT2D eigenvalue weighted by atomic mass is 9.94. The Bertz CT molecular complexity index is 756. The van der Waals surface area contributed by atoms with Crippen LogP contribution in [0.1, 0.15) is 22.9 Å². The molecule has 0 radical (unpaired) electrons. The highest BCUT2D eigenvalue weighted by Crippen LogP contribution is 2.37. The lowest BCUT2D eigenvalue weighted by molar-refractivity contribution is 0.279. The van der Waals surface area contributed by atoms with Gasteiger partial charge in [0, 0.05) is 24.0 Å². The van der Waals surface area contributed by atoms with E-state index in [2.05, 4.69) is 33.7 Å². The molecule has 1 aliphatic heterocycles. The Morgan fingerprint density at radius 3 is 2.96 bits per heavy atom. The lowest BCUT2D eigenvalue weighted by Gasteiger charge is -2.25. The van der Waals surface area contributed by atoms with Crippen LogP contribution in [0.2, 0.25) is 5.02 Å². The van der Waals surface area contributed by atoms with Gasteiger partial charge in [0.05, 0.1) is 5.02 Å². The minimum absolute atomic E-state index is 0. The Hall–Kier alpha value is -0.900. The summed E-state index contributed by atoms with van der Waals surface area (Å²) in [5.41, 5.74) is 6.95. The van der Waals surface area contributed by atoms with Crippen LogP contribution in [0.5, 0.6) is 0 Å². The molecule has 4 nitrogen and oxygen atoms in total. The third-order valence-corrected chi connectivity index (χ3v) is 6.06. The van der Waals surface area contributed by atoms with Crippen LogP contribution in [0.25, 0.3) is 0 Å². The van der Waals surface area contributed by atoms with Crippen LogP contribution in [0.3, 0.4) is 0 Å². The smallest absolute Gasteiger partial charge is 0.188 e. The summed E-state index contributed by atoms with van der Waals surface area (Å²) in [4.78, 5) is 8.08. The lowest BCUT2D eigenvalue weighted by Crippen LogP contribution is -2.34. The third kappa shape index (κ3) is 6.04. The quantitative estimate of drug-likeness (QED) is 0.338. The van der Waals surface area contributed by atoms with Crippen LogP contribution >= 0.6 is 46.9 Å². The van der Waals surface area contributed by atoms with Crippen LogP contribution in [0.4, 0.5) is 4.39 Å². The van der Waals surface area contributed by atoms with Gasteiger partial charge in [0.1, 0.15) is 5.82 Å². The minimum atomic E-state index is -0.374. The molecule has 0 saturated carbocycles. The summed E-state index contributed by atoms with van der Waals surface area (Å²) < 4.78 is 13.8. The predicted octanol–water partition coefficient (Wildman–Crippen LogP) is 4.30. The van der Waals surface area contributed by atoms with Crippen molar-refractivity contribution in [3.63, 3.8) is 0 Å². The minimum Gasteiger partial charge on any atom is -0.370 e. The SMILES string of the molecule is CN1CCC(CN=C(N)NCCc2cccs2)C1c1ccc(Cl)c(F)c1.I. The third-order valence-electron chi connectivity index (χ3n) is 4.81. The van der Waals surface area contributed by atoms with Crippen LogP contribution in [0, 0.1) is 11.7 Å². The topological polar surface area (TPSA) is 53.6 Å². The zero-order valence-corrected chi connectivity index (χ0v) is 19.1. The van der Waals surface area contributed by atoms with Crippen molar-refractivity contribution in [2.75, 3.05) is 26.7 Å². The first kappa shape index (κ1) is 22.4. The van der Waals surface area contributed by atoms with Crippen molar-refractivity contribution in [2.45, 2.75) is 18.9 Å². The fourth-order valence-corrected chi connectivity index (χ4v) is 4.31. The second-order valence-corrected chi connectivity index (χ2v) is 8.07. The number of nitrogens with two attached hydrogens (primary N) is 1. The van der Waals surface area contributed by atoms with E-state index < -0.39 is 0 Å². The van der Waals surface area contributed by atoms with Gasteiger partial charge in [-0.15, -0.1) is 35.3 Å². The molecule has 0 amide bonds. The molecule has 27 heavy (non-hydrogen) atoms. The van der Waals surface area contributed by atoms with Gasteiger partial charge in [0.15, 0.2) is 5.96 Å². The van der Waals surface area contributed by atoms with Crippen LogP contribution < -0.4 is 11.1 Å². The summed E-state index contributed by atoms with van der Waals surface area (Å²) in [5.74, 6) is 0.400. The maximum absolute atomic E-state index is 13.8. The molecule has 0 bridgehead atoms. The van der Waals surface area contributed by atoms with Crippen LogP contribution in [0.15, 0.2) is 40.7 Å². The van der Waals surface area contributed by atoms with Gasteiger partial charge >= 0.3 is 0 Å². The van der Waals surface area contributed by atoms with Gasteiger partial charge in [-0.3, -0.25) is 9.89 Å². The number of aliphatic imine (C=N–C) groups is 1. The first-order valence-electron chi connectivity index (χ1n) is 8.76. The van der Waals surface area contributed by atoms with Gasteiger partial charge in [0.2, 0.25) is 0 Å². The number of hydrogen-bond donors (Lipinski definition) is 2. The molecule has 2 heterocycles. The summed E-state index contributed by atoms with van der Waals surface area (Å²) in [5, 5.41) is 5.40. The van der Waals surface area contributed by atoms with E-state index in [0.29, 0.717) is 18.4 Å². The summed E-state index contributed by atoms with van der Waals surface area (Å²) in [6.07, 6.45) is 1.95. The van der Waals surface area contributed by atoms with E-state index in [1.807, 2.05) is 12.1 Å². The molecule has 1 fully saturated rings. The van der Waals surface area contributed by atoms with Gasteiger partial charge in [0.25, 0.3) is 0 Å². The number of benzene rings is 1. The van der Waals surface area contributed by atoms with Gasteiger partial charge in [-0.1, -0.05) is 23.7 Å². The Morgan fingerprint density at radius 2 is 2.26 bits per heavy atom. The predicted molar refractivity (Wildman–Crippen MR) is 123 cm³/mol. The maximum Gasteiger partial charge on any atom is 0.188 e. The van der Waals surface area contributed by atoms with E-state index in [1.165, 1.54) is 10.9 Å². The first-order chi connectivity index (χ1) is 12.5. The van der Waals surface area contributed by atoms with E-state index in [1.54, 1.807) is 17.4 Å². The molecule has 3 N–H and O–H groups in total. The molecule has 0 spiro atoms. The Morgan fingerprint density at radius 1 is 1.44 bits per heavy atom. The number of halogens is 3. The highest BCUT2D eigenvalue weighted by atomic mass is 127. The van der Waals surface area contributed by atoms with Crippen molar-refractivity contribution >= 4 is 52.9 Å². The van der Waals surface area contributed by atoms with E-state index in [4.69, 9.17) is 17.3 Å². The number of nitrogens with zero attached hydrogens (tertiary/aromatic N) is 2. The summed E-state index contributed by atoms with van der Waals surface area (Å²) >= 11 is 7.56. The van der Waals surface area contributed by atoms with Gasteiger partial charge in [-0.2, -0.15) is 0 Å². The molecule has 2 atom stereocenters. The number of hydrogen-bond acceptors (Lipinski definition) is 3. The molecule has 148 valence electrons. The average Bonchev–Trinajstić information content (AvgIpc) is 3.25. The van der Waals surface area contributed by atoms with E-state index in [-0.39, 0.29) is 40.9 Å². The van der Waals surface area contributed by atoms with Crippen LogP contribution in [-0.4, -0.2) is 37.5 Å². The molecule has 1 aliphatic rings. The molecule has 0 aliphatic carbocycles. The van der Waals surface area contributed by atoms with Crippen molar-refractivity contribution in [1.29, 1.82) is 0 Å². The highest BCUT2D eigenvalue weighted by molar-refractivity contribution is 14.0. The van der Waals surface area contributed by atoms with E-state index in [9.17, 15) is 4.39 Å². The van der Waals surface area contributed by atoms with Crippen molar-refractivity contribution < 1.29 is 4.39 Å². The number of guanidine groups is 1. The van der Waals surface area contributed by atoms with Gasteiger partial charge in [-0.05, 0) is 61.5 Å². The number of rotatable bonds is 6. The second-order valence-electron chi connectivity index (χ2n) is 6.63. The van der Waals surface area contributed by atoms with Crippen molar-refractivity contribution in [3.8, 4) is 0 Å². The number of thiophene rings is 1. The van der Waals surface area contributed by atoms with Crippen molar-refractivity contribution in [2.24, 2.45) is 16.6 Å². The van der Waals surface area contributed by atoms with Gasteiger partial charge < -0.3 is 11.1 Å². The molecule has 1 aromatic heterocycles. The Balaban J connectivity index is 0.00000261. The van der Waals surface area contributed by atoms with Crippen LogP contribution in [-0.2, 0) is 6.42 Å². The van der Waals surface area contributed by atoms with Crippen molar-refractivity contribution in [3.05, 3.63) is 57.0 Å². The molecular formula is C19H25ClFIN4S. The molecule has 2 unspecified atom stereocenters. The molecule has 8 heteroatoms. The summed E-state index contributed by atoms with van der Waals surface area (Å²) in [6.45, 7) is 2.35. The molecule has 1 saturated heterocycles. The van der Waals surface area contributed by atoms with E-state index >= 15 is 0 Å². The summed E-state index contributed by atoms with van der Waals surface area (Å²) in [6, 6.07) is 9.35. The molecule has 3 rings (SSSR count). The Kier molecular flexibility index (Phi) is 8.78. The Labute approximate surface area is 186 Å². The highest BCUT2D eigenvalue weighted by Gasteiger charge is 2.33. The summed E-state index contributed by atoms with van der Waals surface area (Å²) in [7, 11) is 2.06. The van der Waals surface area contributed by atoms with E-state index in [0.717, 1.165) is 31.5 Å². The first-order valence-corrected chi connectivity index (χ1v) is 10.0. The van der Waals surface area contributed by atoms with Gasteiger partial charge in [-0.25, -0.2) is 4.39 Å². The maximum atomic E-state index is 13.8. The average molecular weight is 523 g/mol. The largest absolute Gasteiger partial charge is 0.370 e. The number of nitrogens with one attached hydrogen (secondary N) is 1. The second kappa shape index (κ2) is 10.6. The fourth-order valence-electron chi connectivity index (χ4n) is 3.48. The molecule has 1 aromatic carbocycles. The monoisotopic (exact) mass is 522 g/mol. The normalized spacial score (nSPS) is 20.5. The molecule has 2 aromatic rings. The zero-order chi connectivity index (χ0) is 18.5. The zero-order valence-electron chi connectivity index (χ0n) is 15.2.